The highest BCUT2D eigenvalue weighted by molar-refractivity contribution is 7.15. The Bertz CT molecular complexity index is 496. The zero-order valence-corrected chi connectivity index (χ0v) is 12.7. The lowest BCUT2D eigenvalue weighted by molar-refractivity contribution is -0.139. The second kappa shape index (κ2) is 7.37. The number of carbonyl (C=O) groups excluding carboxylic acids is 1. The Kier molecular flexibility index (Phi) is 5.51. The molecule has 0 saturated heterocycles. The molecule has 7 nitrogen and oxygen atoms in total. The first-order valence-electron chi connectivity index (χ1n) is 6.88. The van der Waals surface area contributed by atoms with Gasteiger partial charge in [-0.3, -0.25) is 5.32 Å². The lowest BCUT2D eigenvalue weighted by atomic mass is 10.1. The number of anilines is 1. The third kappa shape index (κ3) is 4.40. The van der Waals surface area contributed by atoms with E-state index < -0.39 is 18.0 Å². The van der Waals surface area contributed by atoms with Crippen molar-refractivity contribution < 1.29 is 19.4 Å². The minimum absolute atomic E-state index is 0.324. The van der Waals surface area contributed by atoms with Crippen molar-refractivity contribution in [2.45, 2.75) is 38.1 Å². The molecule has 2 amide bonds. The van der Waals surface area contributed by atoms with E-state index in [1.54, 1.807) is 7.11 Å². The van der Waals surface area contributed by atoms with Crippen molar-refractivity contribution in [2.24, 2.45) is 0 Å². The third-order valence-corrected chi connectivity index (χ3v) is 4.33. The highest BCUT2D eigenvalue weighted by Crippen LogP contribution is 2.30. The third-order valence-electron chi connectivity index (χ3n) is 3.26. The van der Waals surface area contributed by atoms with Crippen molar-refractivity contribution in [3.05, 3.63) is 10.6 Å². The van der Waals surface area contributed by atoms with E-state index in [1.807, 2.05) is 0 Å². The summed E-state index contributed by atoms with van der Waals surface area (Å²) in [5.74, 6) is -1.05. The second-order valence-corrected chi connectivity index (χ2v) is 5.95. The Balaban J connectivity index is 1.84. The molecule has 8 heteroatoms. The molecule has 1 aromatic rings. The van der Waals surface area contributed by atoms with Crippen LogP contribution < -0.4 is 10.6 Å². The normalized spacial score (nSPS) is 14.5. The van der Waals surface area contributed by atoms with Crippen LogP contribution in [0.25, 0.3) is 0 Å². The molecule has 0 aliphatic heterocycles. The van der Waals surface area contributed by atoms with Gasteiger partial charge in [0.15, 0.2) is 5.13 Å². The van der Waals surface area contributed by atoms with Crippen molar-refractivity contribution >= 4 is 28.5 Å². The standard InChI is InChI=1S/C13H19N3O4S/c1-20-7-3-5-9(11(17)18)14-12(19)16-13-15-8-4-2-6-10(8)21-13/h9H,2-7H2,1H3,(H,17,18)(H2,14,15,16,19). The molecule has 3 N–H and O–H groups in total. The quantitative estimate of drug-likeness (QED) is 0.664. The summed E-state index contributed by atoms with van der Waals surface area (Å²) >= 11 is 1.46. The maximum absolute atomic E-state index is 11.8. The van der Waals surface area contributed by atoms with Crippen LogP contribution in [0.4, 0.5) is 9.93 Å². The Hall–Kier alpha value is -1.67. The number of hydrogen-bond donors (Lipinski definition) is 3. The van der Waals surface area contributed by atoms with Crippen LogP contribution in [0.15, 0.2) is 0 Å². The molecule has 0 bridgehead atoms. The number of thiazole rings is 1. The van der Waals surface area contributed by atoms with Crippen LogP contribution in [0.5, 0.6) is 0 Å². The number of carboxylic acid groups (broad SMARTS) is 1. The SMILES string of the molecule is COCCCC(NC(=O)Nc1nc2c(s1)CCC2)C(=O)O. The molecule has 1 atom stereocenters. The highest BCUT2D eigenvalue weighted by Gasteiger charge is 2.21. The molecule has 0 saturated carbocycles. The van der Waals surface area contributed by atoms with Crippen molar-refractivity contribution in [1.82, 2.24) is 10.3 Å². The molecule has 0 aromatic carbocycles. The van der Waals surface area contributed by atoms with Crippen LogP contribution in [0.2, 0.25) is 0 Å². The molecule has 1 unspecified atom stereocenters. The average molecular weight is 313 g/mol. The number of urea groups is 1. The molecule has 1 aliphatic carbocycles. The summed E-state index contributed by atoms with van der Waals surface area (Å²) in [6, 6.07) is -1.46. The van der Waals surface area contributed by atoms with E-state index in [0.717, 1.165) is 25.0 Å². The van der Waals surface area contributed by atoms with Crippen LogP contribution in [0, 0.1) is 0 Å². The van der Waals surface area contributed by atoms with E-state index in [1.165, 1.54) is 16.2 Å². The Labute approximate surface area is 126 Å². The number of methoxy groups -OCH3 is 1. The van der Waals surface area contributed by atoms with Crippen LogP contribution in [0.1, 0.15) is 29.8 Å². The first-order chi connectivity index (χ1) is 10.1. The fourth-order valence-corrected chi connectivity index (χ4v) is 3.27. The number of rotatable bonds is 7. The van der Waals surface area contributed by atoms with Gasteiger partial charge in [-0.1, -0.05) is 0 Å². The lowest BCUT2D eigenvalue weighted by Gasteiger charge is -2.14. The van der Waals surface area contributed by atoms with Crippen molar-refractivity contribution in [1.29, 1.82) is 0 Å². The number of nitrogens with one attached hydrogen (secondary N) is 2. The zero-order chi connectivity index (χ0) is 15.2. The van der Waals surface area contributed by atoms with Crippen LogP contribution >= 0.6 is 11.3 Å². The van der Waals surface area contributed by atoms with Gasteiger partial charge in [-0.25, -0.2) is 14.6 Å². The van der Waals surface area contributed by atoms with E-state index in [9.17, 15) is 9.59 Å². The second-order valence-electron chi connectivity index (χ2n) is 4.87. The summed E-state index contributed by atoms with van der Waals surface area (Å²) < 4.78 is 4.88. The largest absolute Gasteiger partial charge is 0.480 e. The van der Waals surface area contributed by atoms with Gasteiger partial charge in [0.05, 0.1) is 5.69 Å². The van der Waals surface area contributed by atoms with Gasteiger partial charge in [-0.15, -0.1) is 11.3 Å². The summed E-state index contributed by atoms with van der Waals surface area (Å²) in [4.78, 5) is 28.5. The number of carbonyl (C=O) groups is 2. The number of amides is 2. The summed E-state index contributed by atoms with van der Waals surface area (Å²) in [6.45, 7) is 0.465. The van der Waals surface area contributed by atoms with Gasteiger partial charge in [0, 0.05) is 18.6 Å². The predicted molar refractivity (Wildman–Crippen MR) is 78.8 cm³/mol. The van der Waals surface area contributed by atoms with Gasteiger partial charge in [0.2, 0.25) is 0 Å². The van der Waals surface area contributed by atoms with Gasteiger partial charge < -0.3 is 15.2 Å². The zero-order valence-electron chi connectivity index (χ0n) is 11.8. The van der Waals surface area contributed by atoms with E-state index in [4.69, 9.17) is 9.84 Å². The van der Waals surface area contributed by atoms with Crippen LogP contribution in [-0.4, -0.2) is 41.8 Å². The van der Waals surface area contributed by atoms with E-state index in [-0.39, 0.29) is 0 Å². The monoisotopic (exact) mass is 313 g/mol. The first kappa shape index (κ1) is 15.7. The molecule has 1 aliphatic rings. The topological polar surface area (TPSA) is 101 Å². The highest BCUT2D eigenvalue weighted by atomic mass is 32.1. The number of hydrogen-bond acceptors (Lipinski definition) is 5. The first-order valence-corrected chi connectivity index (χ1v) is 7.69. The number of aromatic nitrogens is 1. The molecule has 21 heavy (non-hydrogen) atoms. The van der Waals surface area contributed by atoms with Crippen molar-refractivity contribution in [2.75, 3.05) is 19.0 Å². The van der Waals surface area contributed by atoms with E-state index in [2.05, 4.69) is 15.6 Å². The fourth-order valence-electron chi connectivity index (χ4n) is 2.22. The lowest BCUT2D eigenvalue weighted by Crippen LogP contribution is -2.43. The summed E-state index contributed by atoms with van der Waals surface area (Å²) in [7, 11) is 1.55. The van der Waals surface area contributed by atoms with Gasteiger partial charge in [-0.05, 0) is 32.1 Å². The maximum Gasteiger partial charge on any atom is 0.326 e. The molecule has 0 radical (unpaired) electrons. The minimum Gasteiger partial charge on any atom is -0.480 e. The van der Waals surface area contributed by atoms with Gasteiger partial charge in [0.1, 0.15) is 6.04 Å². The molecular formula is C13H19N3O4S. The van der Waals surface area contributed by atoms with Crippen molar-refractivity contribution in [3.8, 4) is 0 Å². The molecular weight excluding hydrogens is 294 g/mol. The molecule has 0 fully saturated rings. The number of carboxylic acids is 1. The number of aryl methyl sites for hydroxylation is 2. The maximum atomic E-state index is 11.8. The molecule has 1 heterocycles. The van der Waals surface area contributed by atoms with E-state index >= 15 is 0 Å². The van der Waals surface area contributed by atoms with Gasteiger partial charge >= 0.3 is 12.0 Å². The average Bonchev–Trinajstić information content (AvgIpc) is 2.98. The van der Waals surface area contributed by atoms with Crippen LogP contribution in [0.3, 0.4) is 0 Å². The predicted octanol–water partition coefficient (Wildman–Crippen LogP) is 1.63. The van der Waals surface area contributed by atoms with Crippen LogP contribution in [-0.2, 0) is 22.4 Å². The number of aliphatic carboxylic acids is 1. The minimum atomic E-state index is -1.05. The van der Waals surface area contributed by atoms with Crippen molar-refractivity contribution in [3.63, 3.8) is 0 Å². The molecule has 1 aromatic heterocycles. The number of fused-ring (bicyclic) bond motifs is 1. The van der Waals surface area contributed by atoms with Gasteiger partial charge in [-0.2, -0.15) is 0 Å². The molecule has 116 valence electrons. The van der Waals surface area contributed by atoms with Gasteiger partial charge in [0.25, 0.3) is 0 Å². The molecule has 0 spiro atoms. The smallest absolute Gasteiger partial charge is 0.326 e. The summed E-state index contributed by atoms with van der Waals surface area (Å²) in [6.07, 6.45) is 3.96. The number of nitrogens with zero attached hydrogens (tertiary/aromatic N) is 1. The Morgan fingerprint density at radius 2 is 2.29 bits per heavy atom. The Morgan fingerprint density at radius 1 is 1.48 bits per heavy atom. The number of ether oxygens (including phenoxy) is 1. The van der Waals surface area contributed by atoms with E-state index in [0.29, 0.717) is 24.6 Å². The Morgan fingerprint density at radius 3 is 2.95 bits per heavy atom. The molecule has 2 rings (SSSR count). The fraction of sp³-hybridized carbons (Fsp3) is 0.615. The summed E-state index contributed by atoms with van der Waals surface area (Å²) in [5, 5.41) is 14.7. The summed E-state index contributed by atoms with van der Waals surface area (Å²) in [5.41, 5.74) is 1.05.